The molecule has 0 spiro atoms. The quantitative estimate of drug-likeness (QED) is 0.621. The lowest BCUT2D eigenvalue weighted by atomic mass is 10.0. The Morgan fingerprint density at radius 1 is 1.10 bits per heavy atom. The van der Waals surface area contributed by atoms with Crippen LogP contribution in [0.2, 0.25) is 5.02 Å². The summed E-state index contributed by atoms with van der Waals surface area (Å²) in [7, 11) is -1.25. The molecule has 2 aromatic carbocycles. The van der Waals surface area contributed by atoms with Gasteiger partial charge in [-0.15, -0.1) is 0 Å². The highest BCUT2D eigenvalue weighted by molar-refractivity contribution is 7.89. The van der Waals surface area contributed by atoms with Gasteiger partial charge >= 0.3 is 5.97 Å². The summed E-state index contributed by atoms with van der Waals surface area (Å²) in [6, 6.07) is 10.8. The summed E-state index contributed by atoms with van der Waals surface area (Å²) >= 11 is 5.90. The van der Waals surface area contributed by atoms with E-state index in [1.807, 2.05) is 13.8 Å². The van der Waals surface area contributed by atoms with Gasteiger partial charge in [-0.05, 0) is 54.8 Å². The van der Waals surface area contributed by atoms with E-state index in [0.29, 0.717) is 10.6 Å². The Morgan fingerprint density at radius 2 is 1.73 bits per heavy atom. The Balaban J connectivity index is 2.15. The fraction of sp³-hybridized carbons (Fsp3) is 0.333. The van der Waals surface area contributed by atoms with E-state index in [9.17, 15) is 18.0 Å². The third-order valence-electron chi connectivity index (χ3n) is 4.76. The molecule has 0 bridgehead atoms. The second-order valence-electron chi connectivity index (χ2n) is 6.96. The summed E-state index contributed by atoms with van der Waals surface area (Å²) in [6.07, 6.45) is -0.0997. The average Bonchev–Trinajstić information content (AvgIpc) is 2.69. The molecule has 0 aliphatic rings. The van der Waals surface area contributed by atoms with Crippen molar-refractivity contribution in [3.8, 4) is 0 Å². The molecule has 0 heterocycles. The first kappa shape index (κ1) is 23.9. The molecule has 0 aliphatic carbocycles. The van der Waals surface area contributed by atoms with Gasteiger partial charge in [0.25, 0.3) is 0 Å². The van der Waals surface area contributed by atoms with Crippen LogP contribution in [0, 0.1) is 13.8 Å². The molecule has 9 heteroatoms. The summed E-state index contributed by atoms with van der Waals surface area (Å²) < 4.78 is 31.3. The summed E-state index contributed by atoms with van der Waals surface area (Å²) in [4.78, 5) is 24.5. The number of nitrogens with one attached hydrogen (secondary N) is 1. The highest BCUT2D eigenvalue weighted by atomic mass is 35.5. The number of sulfonamides is 1. The second-order valence-corrected chi connectivity index (χ2v) is 9.44. The van der Waals surface area contributed by atoms with Crippen LogP contribution in [-0.4, -0.2) is 45.3 Å². The molecule has 0 saturated heterocycles. The fourth-order valence-electron chi connectivity index (χ4n) is 2.78. The number of hydrogen-bond donors (Lipinski definition) is 1. The zero-order chi connectivity index (χ0) is 22.5. The van der Waals surface area contributed by atoms with Crippen molar-refractivity contribution in [3.05, 3.63) is 64.2 Å². The molecule has 7 nitrogen and oxygen atoms in total. The molecule has 0 aromatic heterocycles. The Kier molecular flexibility index (Phi) is 8.00. The van der Waals surface area contributed by atoms with Gasteiger partial charge in [0.15, 0.2) is 0 Å². The minimum Gasteiger partial charge on any atom is -0.469 e. The van der Waals surface area contributed by atoms with E-state index in [1.165, 1.54) is 20.2 Å². The van der Waals surface area contributed by atoms with E-state index in [-0.39, 0.29) is 11.3 Å². The number of amides is 1. The molecule has 2 rings (SSSR count). The summed E-state index contributed by atoms with van der Waals surface area (Å²) in [5.41, 5.74) is 2.47. The van der Waals surface area contributed by atoms with E-state index >= 15 is 0 Å². The van der Waals surface area contributed by atoms with Crippen LogP contribution < -0.4 is 5.32 Å². The molecule has 1 atom stereocenters. The second kappa shape index (κ2) is 10.1. The molecule has 0 radical (unpaired) electrons. The number of halogens is 1. The van der Waals surface area contributed by atoms with Crippen molar-refractivity contribution in [2.75, 3.05) is 20.7 Å². The van der Waals surface area contributed by atoms with Gasteiger partial charge in [0, 0.05) is 12.1 Å². The van der Waals surface area contributed by atoms with E-state index in [0.717, 1.165) is 15.4 Å². The third-order valence-corrected chi connectivity index (χ3v) is 6.81. The standard InChI is InChI=1S/C21H25ClN2O5S/c1-14-5-10-18(11-15(14)2)30(27,28)24(3)13-20(25)23-19(12-21(26)29-4)16-6-8-17(22)9-7-16/h5-11,19H,12-13H2,1-4H3,(H,23,25). The number of hydrogen-bond acceptors (Lipinski definition) is 5. The normalized spacial score (nSPS) is 12.5. The molecule has 30 heavy (non-hydrogen) atoms. The van der Waals surface area contributed by atoms with Gasteiger partial charge in [0.05, 0.1) is 31.0 Å². The average molecular weight is 453 g/mol. The molecule has 0 aliphatic heterocycles. The number of carbonyl (C=O) groups excluding carboxylic acids is 2. The van der Waals surface area contributed by atoms with Crippen molar-refractivity contribution in [2.45, 2.75) is 31.2 Å². The topological polar surface area (TPSA) is 92.8 Å². The third kappa shape index (κ3) is 6.04. The SMILES string of the molecule is COC(=O)CC(NC(=O)CN(C)S(=O)(=O)c1ccc(C)c(C)c1)c1ccc(Cl)cc1. The van der Waals surface area contributed by atoms with Gasteiger partial charge < -0.3 is 10.1 Å². The molecule has 162 valence electrons. The number of ether oxygens (including phenoxy) is 1. The van der Waals surface area contributed by atoms with Gasteiger partial charge in [-0.1, -0.05) is 29.8 Å². The van der Waals surface area contributed by atoms with Crippen molar-refractivity contribution in [1.29, 1.82) is 0 Å². The van der Waals surface area contributed by atoms with Crippen molar-refractivity contribution >= 4 is 33.5 Å². The predicted molar refractivity (Wildman–Crippen MR) is 115 cm³/mol. The Morgan fingerprint density at radius 3 is 2.30 bits per heavy atom. The number of aryl methyl sites for hydroxylation is 2. The Labute approximate surface area is 182 Å². The number of nitrogens with zero attached hydrogens (tertiary/aromatic N) is 1. The van der Waals surface area contributed by atoms with Gasteiger partial charge in [0.2, 0.25) is 15.9 Å². The van der Waals surface area contributed by atoms with E-state index in [2.05, 4.69) is 5.32 Å². The lowest BCUT2D eigenvalue weighted by Crippen LogP contribution is -2.40. The predicted octanol–water partition coefficient (Wildman–Crippen LogP) is 3.00. The van der Waals surface area contributed by atoms with Crippen molar-refractivity contribution < 1.29 is 22.7 Å². The fourth-order valence-corrected chi connectivity index (χ4v) is 4.12. The zero-order valence-electron chi connectivity index (χ0n) is 17.3. The first-order valence-electron chi connectivity index (χ1n) is 9.20. The maximum atomic E-state index is 12.8. The Bertz CT molecular complexity index is 1020. The van der Waals surface area contributed by atoms with Gasteiger partial charge in [-0.25, -0.2) is 8.42 Å². The van der Waals surface area contributed by atoms with Crippen LogP contribution in [0.15, 0.2) is 47.4 Å². The van der Waals surface area contributed by atoms with Crippen molar-refractivity contribution in [2.24, 2.45) is 0 Å². The number of rotatable bonds is 8. The minimum absolute atomic E-state index is 0.0997. The lowest BCUT2D eigenvalue weighted by Gasteiger charge is -2.21. The maximum absolute atomic E-state index is 12.8. The molecule has 2 aromatic rings. The minimum atomic E-state index is -3.84. The van der Waals surface area contributed by atoms with Crippen molar-refractivity contribution in [1.82, 2.24) is 9.62 Å². The summed E-state index contributed by atoms with van der Waals surface area (Å²) in [6.45, 7) is 3.31. The summed E-state index contributed by atoms with van der Waals surface area (Å²) in [5, 5.41) is 3.22. The Hall–Kier alpha value is -2.42. The van der Waals surface area contributed by atoms with Crippen LogP contribution in [0.4, 0.5) is 0 Å². The number of esters is 1. The highest BCUT2D eigenvalue weighted by Crippen LogP contribution is 2.21. The van der Waals surface area contributed by atoms with Crippen LogP contribution in [-0.2, 0) is 24.3 Å². The zero-order valence-corrected chi connectivity index (χ0v) is 18.9. The van der Waals surface area contributed by atoms with Crippen LogP contribution in [0.25, 0.3) is 0 Å². The molecule has 1 N–H and O–H groups in total. The first-order chi connectivity index (χ1) is 14.0. The monoisotopic (exact) mass is 452 g/mol. The van der Waals surface area contributed by atoms with E-state index < -0.39 is 34.5 Å². The smallest absolute Gasteiger partial charge is 0.307 e. The van der Waals surface area contributed by atoms with Gasteiger partial charge in [0.1, 0.15) is 0 Å². The van der Waals surface area contributed by atoms with Crippen molar-refractivity contribution in [3.63, 3.8) is 0 Å². The molecular weight excluding hydrogens is 428 g/mol. The number of methoxy groups -OCH3 is 1. The largest absolute Gasteiger partial charge is 0.469 e. The van der Waals surface area contributed by atoms with Gasteiger partial charge in [-0.3, -0.25) is 9.59 Å². The lowest BCUT2D eigenvalue weighted by molar-refractivity contribution is -0.141. The maximum Gasteiger partial charge on any atom is 0.307 e. The number of benzene rings is 2. The molecular formula is C21H25ClN2O5S. The van der Waals surface area contributed by atoms with Gasteiger partial charge in [-0.2, -0.15) is 4.31 Å². The molecule has 0 fully saturated rings. The molecule has 0 saturated carbocycles. The number of carbonyl (C=O) groups is 2. The summed E-state index contributed by atoms with van der Waals surface area (Å²) in [5.74, 6) is -1.06. The van der Waals surface area contributed by atoms with E-state index in [1.54, 1.807) is 36.4 Å². The van der Waals surface area contributed by atoms with E-state index in [4.69, 9.17) is 16.3 Å². The van der Waals surface area contributed by atoms with Crippen LogP contribution in [0.1, 0.15) is 29.2 Å². The van der Waals surface area contributed by atoms with Crippen LogP contribution in [0.5, 0.6) is 0 Å². The molecule has 1 amide bonds. The van der Waals surface area contributed by atoms with Crippen LogP contribution >= 0.6 is 11.6 Å². The van der Waals surface area contributed by atoms with Crippen LogP contribution in [0.3, 0.4) is 0 Å². The highest BCUT2D eigenvalue weighted by Gasteiger charge is 2.25. The molecule has 1 unspecified atom stereocenters. The first-order valence-corrected chi connectivity index (χ1v) is 11.0. The number of likely N-dealkylation sites (N-methyl/N-ethyl adjacent to an activating group) is 1.